The van der Waals surface area contributed by atoms with Crippen LogP contribution in [0.5, 0.6) is 0 Å². The summed E-state index contributed by atoms with van der Waals surface area (Å²) >= 11 is 0. The van der Waals surface area contributed by atoms with Crippen molar-refractivity contribution in [2.45, 2.75) is 19.4 Å². The largest absolute Gasteiger partial charge is 0.383 e. The summed E-state index contributed by atoms with van der Waals surface area (Å²) in [5.41, 5.74) is 0.604. The maximum atomic E-state index is 11.6. The second-order valence-corrected chi connectivity index (χ2v) is 4.58. The summed E-state index contributed by atoms with van der Waals surface area (Å²) in [6.07, 6.45) is 0. The molecule has 1 rings (SSSR count). The molecule has 1 aromatic rings. The highest BCUT2D eigenvalue weighted by Crippen LogP contribution is 2.05. The van der Waals surface area contributed by atoms with Crippen LogP contribution in [0.1, 0.15) is 13.8 Å². The van der Waals surface area contributed by atoms with Crippen LogP contribution in [0.2, 0.25) is 0 Å². The van der Waals surface area contributed by atoms with Crippen molar-refractivity contribution in [2.75, 3.05) is 25.6 Å². The highest BCUT2D eigenvalue weighted by atomic mass is 16.5. The van der Waals surface area contributed by atoms with Crippen molar-refractivity contribution in [1.29, 1.82) is 0 Å². The Morgan fingerprint density at radius 1 is 1.29 bits per heavy atom. The van der Waals surface area contributed by atoms with E-state index in [0.29, 0.717) is 6.61 Å². The van der Waals surface area contributed by atoms with Gasteiger partial charge in [-0.1, -0.05) is 18.2 Å². The van der Waals surface area contributed by atoms with Crippen molar-refractivity contribution >= 4 is 11.6 Å². The highest BCUT2D eigenvalue weighted by molar-refractivity contribution is 5.92. The highest BCUT2D eigenvalue weighted by Gasteiger charge is 2.17. The van der Waals surface area contributed by atoms with Crippen molar-refractivity contribution in [3.05, 3.63) is 30.3 Å². The van der Waals surface area contributed by atoms with Gasteiger partial charge in [0, 0.05) is 18.3 Å². The van der Waals surface area contributed by atoms with Crippen LogP contribution in [0, 0.1) is 0 Å². The SMILES string of the molecule is COCC(C)(C)NCC(=O)Nc1ccccc1. The second-order valence-electron chi connectivity index (χ2n) is 4.58. The molecular weight excluding hydrogens is 216 g/mol. The van der Waals surface area contributed by atoms with Crippen molar-refractivity contribution < 1.29 is 9.53 Å². The molecule has 0 saturated carbocycles. The number of carbonyl (C=O) groups is 1. The number of amides is 1. The zero-order valence-electron chi connectivity index (χ0n) is 10.6. The smallest absolute Gasteiger partial charge is 0.238 e. The van der Waals surface area contributed by atoms with Crippen molar-refractivity contribution in [3.63, 3.8) is 0 Å². The van der Waals surface area contributed by atoms with Gasteiger partial charge in [0.25, 0.3) is 0 Å². The number of carbonyl (C=O) groups excluding carboxylic acids is 1. The van der Waals surface area contributed by atoms with E-state index in [9.17, 15) is 4.79 Å². The van der Waals surface area contributed by atoms with Gasteiger partial charge in [-0.2, -0.15) is 0 Å². The summed E-state index contributed by atoms with van der Waals surface area (Å²) in [5, 5.41) is 5.96. The average Bonchev–Trinajstić information content (AvgIpc) is 2.28. The molecule has 4 heteroatoms. The Morgan fingerprint density at radius 2 is 1.94 bits per heavy atom. The summed E-state index contributed by atoms with van der Waals surface area (Å²) < 4.78 is 5.06. The Bertz CT molecular complexity index is 350. The molecule has 0 aliphatic carbocycles. The third-order valence-electron chi connectivity index (χ3n) is 2.29. The van der Waals surface area contributed by atoms with Gasteiger partial charge in [0.15, 0.2) is 0 Å². The molecule has 0 fully saturated rings. The number of anilines is 1. The molecule has 0 saturated heterocycles. The zero-order valence-corrected chi connectivity index (χ0v) is 10.6. The molecule has 0 atom stereocenters. The molecule has 2 N–H and O–H groups in total. The lowest BCUT2D eigenvalue weighted by atomic mass is 10.1. The fourth-order valence-electron chi connectivity index (χ4n) is 1.46. The molecule has 0 aliphatic heterocycles. The van der Waals surface area contributed by atoms with Gasteiger partial charge in [0.05, 0.1) is 13.2 Å². The first-order valence-electron chi connectivity index (χ1n) is 5.62. The normalized spacial score (nSPS) is 11.2. The molecule has 0 heterocycles. The van der Waals surface area contributed by atoms with E-state index in [1.807, 2.05) is 44.2 Å². The minimum atomic E-state index is -0.206. The number of hydrogen-bond donors (Lipinski definition) is 2. The lowest BCUT2D eigenvalue weighted by molar-refractivity contribution is -0.115. The number of hydrogen-bond acceptors (Lipinski definition) is 3. The monoisotopic (exact) mass is 236 g/mol. The molecule has 17 heavy (non-hydrogen) atoms. The summed E-state index contributed by atoms with van der Waals surface area (Å²) in [4.78, 5) is 11.6. The predicted octanol–water partition coefficient (Wildman–Crippen LogP) is 1.64. The Balaban J connectivity index is 2.36. The third kappa shape index (κ3) is 5.47. The molecule has 1 amide bonds. The van der Waals surface area contributed by atoms with Crippen LogP contribution in [0.15, 0.2) is 30.3 Å². The maximum absolute atomic E-state index is 11.6. The van der Waals surface area contributed by atoms with Gasteiger partial charge in [-0.3, -0.25) is 4.79 Å². The molecule has 0 aliphatic rings. The zero-order chi connectivity index (χ0) is 12.7. The number of benzene rings is 1. The molecule has 1 aromatic carbocycles. The van der Waals surface area contributed by atoms with Gasteiger partial charge >= 0.3 is 0 Å². The Kier molecular flexibility index (Phi) is 5.12. The number of para-hydroxylation sites is 1. The van der Waals surface area contributed by atoms with E-state index in [1.165, 1.54) is 0 Å². The second kappa shape index (κ2) is 6.37. The number of methoxy groups -OCH3 is 1. The summed E-state index contributed by atoms with van der Waals surface area (Å²) in [5.74, 6) is -0.0552. The van der Waals surface area contributed by atoms with E-state index in [1.54, 1.807) is 7.11 Å². The first-order chi connectivity index (χ1) is 8.03. The minimum absolute atomic E-state index is 0.0552. The Hall–Kier alpha value is -1.39. The molecule has 0 bridgehead atoms. The van der Waals surface area contributed by atoms with Crippen molar-refractivity contribution in [3.8, 4) is 0 Å². The van der Waals surface area contributed by atoms with Crippen LogP contribution in [0.3, 0.4) is 0 Å². The first-order valence-corrected chi connectivity index (χ1v) is 5.62. The first kappa shape index (κ1) is 13.7. The summed E-state index contributed by atoms with van der Waals surface area (Å²) in [7, 11) is 1.65. The lowest BCUT2D eigenvalue weighted by Gasteiger charge is -2.24. The molecule has 0 spiro atoms. The van der Waals surface area contributed by atoms with Gasteiger partial charge in [-0.05, 0) is 26.0 Å². The van der Waals surface area contributed by atoms with E-state index in [-0.39, 0.29) is 18.0 Å². The topological polar surface area (TPSA) is 50.4 Å². The molecule has 4 nitrogen and oxygen atoms in total. The van der Waals surface area contributed by atoms with Crippen LogP contribution in [0.4, 0.5) is 5.69 Å². The van der Waals surface area contributed by atoms with E-state index in [0.717, 1.165) is 5.69 Å². The minimum Gasteiger partial charge on any atom is -0.383 e. The van der Waals surface area contributed by atoms with Gasteiger partial charge in [-0.15, -0.1) is 0 Å². The molecule has 0 aromatic heterocycles. The summed E-state index contributed by atoms with van der Waals surface area (Å²) in [6.45, 7) is 4.81. The van der Waals surface area contributed by atoms with Crippen molar-refractivity contribution in [1.82, 2.24) is 5.32 Å². The van der Waals surface area contributed by atoms with Crippen LogP contribution in [-0.2, 0) is 9.53 Å². The van der Waals surface area contributed by atoms with Crippen LogP contribution >= 0.6 is 0 Å². The average molecular weight is 236 g/mol. The number of rotatable bonds is 6. The van der Waals surface area contributed by atoms with Gasteiger partial charge in [0.1, 0.15) is 0 Å². The predicted molar refractivity (Wildman–Crippen MR) is 69.0 cm³/mol. The molecular formula is C13H20N2O2. The van der Waals surface area contributed by atoms with E-state index >= 15 is 0 Å². The standard InChI is InChI=1S/C13H20N2O2/c1-13(2,10-17-3)14-9-12(16)15-11-7-5-4-6-8-11/h4-8,14H,9-10H2,1-3H3,(H,15,16). The fraction of sp³-hybridized carbons (Fsp3) is 0.462. The maximum Gasteiger partial charge on any atom is 0.238 e. The third-order valence-corrected chi connectivity index (χ3v) is 2.29. The summed E-state index contributed by atoms with van der Waals surface area (Å²) in [6, 6.07) is 9.40. The van der Waals surface area contributed by atoms with Gasteiger partial charge in [0.2, 0.25) is 5.91 Å². The van der Waals surface area contributed by atoms with Gasteiger partial charge < -0.3 is 15.4 Å². The lowest BCUT2D eigenvalue weighted by Crippen LogP contribution is -2.46. The number of nitrogens with one attached hydrogen (secondary N) is 2. The van der Waals surface area contributed by atoms with E-state index < -0.39 is 0 Å². The van der Waals surface area contributed by atoms with Crippen LogP contribution in [0.25, 0.3) is 0 Å². The van der Waals surface area contributed by atoms with E-state index in [4.69, 9.17) is 4.74 Å². The van der Waals surface area contributed by atoms with Crippen LogP contribution < -0.4 is 10.6 Å². The van der Waals surface area contributed by atoms with Gasteiger partial charge in [-0.25, -0.2) is 0 Å². The number of ether oxygens (including phenoxy) is 1. The molecule has 94 valence electrons. The molecule has 0 unspecified atom stereocenters. The van der Waals surface area contributed by atoms with Crippen molar-refractivity contribution in [2.24, 2.45) is 0 Å². The quantitative estimate of drug-likeness (QED) is 0.789. The molecule has 0 radical (unpaired) electrons. The fourth-order valence-corrected chi connectivity index (χ4v) is 1.46. The Labute approximate surface area is 102 Å². The van der Waals surface area contributed by atoms with Crippen LogP contribution in [-0.4, -0.2) is 31.7 Å². The van der Waals surface area contributed by atoms with E-state index in [2.05, 4.69) is 10.6 Å². The Morgan fingerprint density at radius 3 is 2.53 bits per heavy atom.